The van der Waals surface area contributed by atoms with Gasteiger partial charge in [-0.3, -0.25) is 9.69 Å². The maximum absolute atomic E-state index is 12.5. The van der Waals surface area contributed by atoms with Crippen LogP contribution in [-0.2, 0) is 0 Å². The number of nitrogens with zero attached hydrogens (tertiary/aromatic N) is 1. The molecule has 1 amide bonds. The molecule has 1 aliphatic rings. The minimum absolute atomic E-state index is 0.180. The second kappa shape index (κ2) is 16.5. The monoisotopic (exact) mass is 435 g/mol. The number of carbonyl (C=O) groups is 1. The Morgan fingerprint density at radius 2 is 1.78 bits per heavy atom. The molecule has 0 atom stereocenters. The van der Waals surface area contributed by atoms with E-state index in [1.54, 1.807) is 18.2 Å². The predicted molar refractivity (Wildman–Crippen MR) is 135 cm³/mol. The largest absolute Gasteiger partial charge is 0.492 e. The van der Waals surface area contributed by atoms with Gasteiger partial charge in [0.25, 0.3) is 5.91 Å². The van der Waals surface area contributed by atoms with E-state index in [1.165, 1.54) is 32.1 Å². The van der Waals surface area contributed by atoms with Gasteiger partial charge < -0.3 is 15.8 Å². The van der Waals surface area contributed by atoms with Gasteiger partial charge >= 0.3 is 0 Å². The summed E-state index contributed by atoms with van der Waals surface area (Å²) in [5.74, 6) is 6.37. The molecular weight excluding hydrogens is 398 g/mol. The number of benzene rings is 2. The fraction of sp³-hybridized carbons (Fsp3) is 0.370. The van der Waals surface area contributed by atoms with Crippen molar-refractivity contribution < 1.29 is 9.53 Å². The molecule has 32 heavy (non-hydrogen) atoms. The number of nitrogens with two attached hydrogens (primary N) is 1. The lowest BCUT2D eigenvalue weighted by molar-refractivity contribution is 0.102. The van der Waals surface area contributed by atoms with Gasteiger partial charge in [-0.25, -0.2) is 0 Å². The molecule has 3 N–H and O–H groups in total. The van der Waals surface area contributed by atoms with Crippen LogP contribution in [0.4, 0.5) is 5.69 Å². The molecule has 0 aliphatic carbocycles. The summed E-state index contributed by atoms with van der Waals surface area (Å²) in [6, 6.07) is 14.6. The van der Waals surface area contributed by atoms with Crippen molar-refractivity contribution >= 4 is 11.6 Å². The summed E-state index contributed by atoms with van der Waals surface area (Å²) in [4.78, 5) is 14.9. The van der Waals surface area contributed by atoms with Crippen LogP contribution in [0.3, 0.4) is 0 Å². The smallest absolute Gasteiger partial charge is 0.255 e. The Kier molecular flexibility index (Phi) is 13.8. The van der Waals surface area contributed by atoms with E-state index in [9.17, 15) is 4.79 Å². The summed E-state index contributed by atoms with van der Waals surface area (Å²) in [5, 5.41) is 2.90. The Morgan fingerprint density at radius 3 is 2.44 bits per heavy atom. The van der Waals surface area contributed by atoms with E-state index < -0.39 is 0 Å². The minimum Gasteiger partial charge on any atom is -0.492 e. The van der Waals surface area contributed by atoms with Gasteiger partial charge in [0.2, 0.25) is 0 Å². The summed E-state index contributed by atoms with van der Waals surface area (Å²) in [7, 11) is 0. The molecule has 5 heteroatoms. The van der Waals surface area contributed by atoms with E-state index >= 15 is 0 Å². The fourth-order valence-electron chi connectivity index (χ4n) is 3.05. The average molecular weight is 436 g/mol. The van der Waals surface area contributed by atoms with Gasteiger partial charge in [0.1, 0.15) is 12.4 Å². The topological polar surface area (TPSA) is 67.6 Å². The highest BCUT2D eigenvalue weighted by Crippen LogP contribution is 2.17. The molecule has 0 spiro atoms. The molecule has 172 valence electrons. The SMILES string of the molecule is CC.CC.N/C=C/C#Cc1cccc(C(=O)Nc2ccc(OCCN3CCCC3)cc2)c1. The number of hydrogen-bond donors (Lipinski definition) is 2. The number of allylic oxidation sites excluding steroid dienone is 1. The molecule has 1 fully saturated rings. The van der Waals surface area contributed by atoms with E-state index in [0.29, 0.717) is 12.2 Å². The summed E-state index contributed by atoms with van der Waals surface area (Å²) in [6.45, 7) is 12.0. The van der Waals surface area contributed by atoms with Crippen LogP contribution in [0.5, 0.6) is 5.75 Å². The van der Waals surface area contributed by atoms with Crippen molar-refractivity contribution in [3.8, 4) is 17.6 Å². The maximum Gasteiger partial charge on any atom is 0.255 e. The number of rotatable bonds is 6. The van der Waals surface area contributed by atoms with Crippen LogP contribution in [0.1, 0.15) is 56.5 Å². The number of amides is 1. The Balaban J connectivity index is 0.00000121. The third-order valence-corrected chi connectivity index (χ3v) is 4.51. The Bertz CT molecular complexity index is 874. The van der Waals surface area contributed by atoms with Crippen molar-refractivity contribution in [2.45, 2.75) is 40.5 Å². The summed E-state index contributed by atoms with van der Waals surface area (Å²) in [6.07, 6.45) is 5.51. The number of ether oxygens (including phenoxy) is 1. The highest BCUT2D eigenvalue weighted by Gasteiger charge is 2.11. The highest BCUT2D eigenvalue weighted by molar-refractivity contribution is 6.04. The maximum atomic E-state index is 12.5. The lowest BCUT2D eigenvalue weighted by Gasteiger charge is -2.15. The molecule has 5 nitrogen and oxygen atoms in total. The first-order chi connectivity index (χ1) is 15.7. The molecule has 1 heterocycles. The highest BCUT2D eigenvalue weighted by atomic mass is 16.5. The van der Waals surface area contributed by atoms with Crippen LogP contribution in [0.25, 0.3) is 0 Å². The first-order valence-corrected chi connectivity index (χ1v) is 11.5. The third-order valence-electron chi connectivity index (χ3n) is 4.51. The van der Waals surface area contributed by atoms with Crippen molar-refractivity contribution in [3.05, 3.63) is 71.9 Å². The van der Waals surface area contributed by atoms with E-state index in [-0.39, 0.29) is 5.91 Å². The van der Waals surface area contributed by atoms with E-state index in [1.807, 2.05) is 64.1 Å². The van der Waals surface area contributed by atoms with Crippen molar-refractivity contribution in [1.29, 1.82) is 0 Å². The molecule has 0 saturated carbocycles. The van der Waals surface area contributed by atoms with E-state index in [4.69, 9.17) is 10.5 Å². The first-order valence-electron chi connectivity index (χ1n) is 11.5. The van der Waals surface area contributed by atoms with Gasteiger partial charge in [-0.2, -0.15) is 0 Å². The summed E-state index contributed by atoms with van der Waals surface area (Å²) >= 11 is 0. The zero-order valence-corrected chi connectivity index (χ0v) is 19.9. The van der Waals surface area contributed by atoms with Crippen LogP contribution in [0, 0.1) is 11.8 Å². The molecular formula is C27H37N3O2. The Morgan fingerprint density at radius 1 is 1.09 bits per heavy atom. The summed E-state index contributed by atoms with van der Waals surface area (Å²) in [5.41, 5.74) is 7.29. The van der Waals surface area contributed by atoms with Gasteiger partial charge in [0.05, 0.1) is 0 Å². The van der Waals surface area contributed by atoms with Crippen LogP contribution in [0.2, 0.25) is 0 Å². The van der Waals surface area contributed by atoms with Gasteiger partial charge in [-0.05, 0) is 68.4 Å². The van der Waals surface area contributed by atoms with Gasteiger partial charge in [-0.1, -0.05) is 45.6 Å². The molecule has 3 rings (SSSR count). The molecule has 0 bridgehead atoms. The molecule has 1 aliphatic heterocycles. The van der Waals surface area contributed by atoms with Gasteiger partial charge in [0.15, 0.2) is 0 Å². The molecule has 2 aromatic rings. The second-order valence-corrected chi connectivity index (χ2v) is 6.58. The van der Waals surface area contributed by atoms with E-state index in [0.717, 1.165) is 23.5 Å². The van der Waals surface area contributed by atoms with Crippen LogP contribution < -0.4 is 15.8 Å². The average Bonchev–Trinajstić information content (AvgIpc) is 3.37. The molecule has 0 radical (unpaired) electrons. The molecule has 2 aromatic carbocycles. The summed E-state index contributed by atoms with van der Waals surface area (Å²) < 4.78 is 5.79. The second-order valence-electron chi connectivity index (χ2n) is 6.58. The van der Waals surface area contributed by atoms with Crippen molar-refractivity contribution in [3.63, 3.8) is 0 Å². The molecule has 0 unspecified atom stereocenters. The lowest BCUT2D eigenvalue weighted by Crippen LogP contribution is -2.25. The standard InChI is InChI=1S/C23H25N3O2.2C2H6/c24-13-2-1-6-19-7-5-8-20(18-19)23(27)25-21-9-11-22(12-10-21)28-17-16-26-14-3-4-15-26;2*1-2/h2,5,7-13,18H,3-4,14-17,24H2,(H,25,27);2*1-2H3/b13-2+;;. The lowest BCUT2D eigenvalue weighted by atomic mass is 10.1. The van der Waals surface area contributed by atoms with Crippen LogP contribution >= 0.6 is 0 Å². The van der Waals surface area contributed by atoms with Crippen LogP contribution in [-0.4, -0.2) is 37.0 Å². The van der Waals surface area contributed by atoms with Crippen molar-refractivity contribution in [2.24, 2.45) is 5.73 Å². The third kappa shape index (κ3) is 9.72. The zero-order chi connectivity index (χ0) is 23.6. The van der Waals surface area contributed by atoms with Crippen molar-refractivity contribution in [2.75, 3.05) is 31.6 Å². The Labute approximate surface area is 193 Å². The minimum atomic E-state index is -0.180. The van der Waals surface area contributed by atoms with E-state index in [2.05, 4.69) is 22.1 Å². The van der Waals surface area contributed by atoms with Gasteiger partial charge in [0, 0.05) is 35.6 Å². The Hall–Kier alpha value is -3.23. The first kappa shape index (κ1) is 26.8. The number of likely N-dealkylation sites (tertiary alicyclic amines) is 1. The normalized spacial score (nSPS) is 12.5. The number of anilines is 1. The van der Waals surface area contributed by atoms with Crippen LogP contribution in [0.15, 0.2) is 60.8 Å². The van der Waals surface area contributed by atoms with Crippen molar-refractivity contribution in [1.82, 2.24) is 4.90 Å². The quantitative estimate of drug-likeness (QED) is 0.605. The molecule has 1 saturated heterocycles. The molecule has 0 aromatic heterocycles. The zero-order valence-electron chi connectivity index (χ0n) is 19.9. The number of carbonyl (C=O) groups excluding carboxylic acids is 1. The fourth-order valence-corrected chi connectivity index (χ4v) is 3.05. The number of nitrogens with one attached hydrogen (secondary N) is 1. The predicted octanol–water partition coefficient (Wildman–Crippen LogP) is 5.29. The number of hydrogen-bond acceptors (Lipinski definition) is 4. The van der Waals surface area contributed by atoms with Gasteiger partial charge in [-0.15, -0.1) is 0 Å².